The van der Waals surface area contributed by atoms with E-state index in [0.717, 1.165) is 11.1 Å². The number of non-ortho nitro benzene ring substituents is 1. The summed E-state index contributed by atoms with van der Waals surface area (Å²) in [6.07, 6.45) is 1.36. The van der Waals surface area contributed by atoms with Gasteiger partial charge in [0.2, 0.25) is 0 Å². The molecule has 0 unspecified atom stereocenters. The fraction of sp³-hybridized carbons (Fsp3) is 0.0588. The fourth-order valence-electron chi connectivity index (χ4n) is 2.23. The lowest BCUT2D eigenvalue weighted by Crippen LogP contribution is -2.01. The molecule has 1 N–H and O–H groups in total. The van der Waals surface area contributed by atoms with Crippen LogP contribution in [0.3, 0.4) is 0 Å². The number of aromatic nitrogens is 1. The van der Waals surface area contributed by atoms with Gasteiger partial charge < -0.3 is 4.52 Å². The molecule has 0 aliphatic rings. The summed E-state index contributed by atoms with van der Waals surface area (Å²) in [4.78, 5) is 26.5. The zero-order valence-electron chi connectivity index (χ0n) is 12.7. The van der Waals surface area contributed by atoms with E-state index in [2.05, 4.69) is 10.1 Å². The fourth-order valence-corrected chi connectivity index (χ4v) is 2.23. The van der Waals surface area contributed by atoms with Crippen molar-refractivity contribution in [3.63, 3.8) is 0 Å². The Morgan fingerprint density at radius 3 is 2.67 bits per heavy atom. The SMILES string of the molecule is Cc1ccc([N+](=O)[O-])cc1N=Cc1c(-c2ccccc2)[nH]oc1=O. The highest BCUT2D eigenvalue weighted by atomic mass is 16.6. The molecular formula is C17H13N3O4. The van der Waals surface area contributed by atoms with Crippen molar-refractivity contribution in [2.45, 2.75) is 6.92 Å². The van der Waals surface area contributed by atoms with Crippen LogP contribution in [0.4, 0.5) is 11.4 Å². The number of aromatic amines is 1. The molecule has 1 aromatic heterocycles. The number of nitro groups is 1. The van der Waals surface area contributed by atoms with E-state index in [9.17, 15) is 14.9 Å². The molecule has 0 aliphatic heterocycles. The summed E-state index contributed by atoms with van der Waals surface area (Å²) in [7, 11) is 0. The van der Waals surface area contributed by atoms with Gasteiger partial charge in [-0.3, -0.25) is 15.1 Å². The molecule has 0 atom stereocenters. The Labute approximate surface area is 136 Å². The standard InChI is InChI=1S/C17H13N3O4/c1-11-7-8-13(20(22)23)9-15(11)18-10-14-16(19-24-17(14)21)12-5-3-2-4-6-12/h2-10,19H,1H3. The number of rotatable bonds is 4. The molecule has 1 heterocycles. The van der Waals surface area contributed by atoms with Crippen molar-refractivity contribution in [2.24, 2.45) is 4.99 Å². The Hall–Kier alpha value is -3.48. The predicted octanol–water partition coefficient (Wildman–Crippen LogP) is 3.60. The lowest BCUT2D eigenvalue weighted by molar-refractivity contribution is -0.384. The number of nitrogens with one attached hydrogen (secondary N) is 1. The number of aliphatic imine (C=N–C) groups is 1. The first kappa shape index (κ1) is 15.4. The Balaban J connectivity index is 2.02. The highest BCUT2D eigenvalue weighted by molar-refractivity contribution is 5.89. The van der Waals surface area contributed by atoms with Gasteiger partial charge in [-0.15, -0.1) is 0 Å². The molecule has 7 heteroatoms. The molecule has 7 nitrogen and oxygen atoms in total. The van der Waals surface area contributed by atoms with Crippen molar-refractivity contribution in [1.29, 1.82) is 0 Å². The second-order valence-electron chi connectivity index (χ2n) is 5.13. The third kappa shape index (κ3) is 3.00. The van der Waals surface area contributed by atoms with Gasteiger partial charge in [-0.05, 0) is 12.5 Å². The van der Waals surface area contributed by atoms with Crippen LogP contribution in [0.2, 0.25) is 0 Å². The van der Waals surface area contributed by atoms with Gasteiger partial charge in [0.1, 0.15) is 5.56 Å². The van der Waals surface area contributed by atoms with Gasteiger partial charge in [-0.25, -0.2) is 9.95 Å². The second kappa shape index (κ2) is 6.33. The Morgan fingerprint density at radius 1 is 1.21 bits per heavy atom. The van der Waals surface area contributed by atoms with Gasteiger partial charge in [0, 0.05) is 23.9 Å². The summed E-state index contributed by atoms with van der Waals surface area (Å²) in [6, 6.07) is 13.6. The molecule has 0 spiro atoms. The van der Waals surface area contributed by atoms with Gasteiger partial charge in [-0.2, -0.15) is 0 Å². The van der Waals surface area contributed by atoms with Gasteiger partial charge in [0.25, 0.3) is 5.69 Å². The van der Waals surface area contributed by atoms with Crippen LogP contribution in [0.25, 0.3) is 11.3 Å². The summed E-state index contributed by atoms with van der Waals surface area (Å²) >= 11 is 0. The van der Waals surface area contributed by atoms with Crippen LogP contribution in [-0.4, -0.2) is 16.3 Å². The topological polar surface area (TPSA) is 102 Å². The summed E-state index contributed by atoms with van der Waals surface area (Å²) in [5, 5.41) is 13.5. The van der Waals surface area contributed by atoms with E-state index in [1.165, 1.54) is 18.3 Å². The van der Waals surface area contributed by atoms with Crippen LogP contribution in [0.15, 0.2) is 62.8 Å². The monoisotopic (exact) mass is 323 g/mol. The van der Waals surface area contributed by atoms with Gasteiger partial charge >= 0.3 is 5.63 Å². The van der Waals surface area contributed by atoms with E-state index in [-0.39, 0.29) is 11.3 Å². The van der Waals surface area contributed by atoms with E-state index in [4.69, 9.17) is 4.52 Å². The molecular weight excluding hydrogens is 310 g/mol. The molecule has 0 amide bonds. The predicted molar refractivity (Wildman–Crippen MR) is 89.9 cm³/mol. The van der Waals surface area contributed by atoms with Crippen LogP contribution >= 0.6 is 0 Å². The number of H-pyrrole nitrogens is 1. The number of hydrogen-bond donors (Lipinski definition) is 1. The van der Waals surface area contributed by atoms with E-state index < -0.39 is 10.5 Å². The number of hydrogen-bond acceptors (Lipinski definition) is 5. The van der Waals surface area contributed by atoms with Gasteiger partial charge in [0.05, 0.1) is 16.3 Å². The molecule has 0 saturated heterocycles. The lowest BCUT2D eigenvalue weighted by atomic mass is 10.1. The summed E-state index contributed by atoms with van der Waals surface area (Å²) in [6.45, 7) is 1.79. The van der Waals surface area contributed by atoms with Crippen molar-refractivity contribution >= 4 is 17.6 Å². The van der Waals surface area contributed by atoms with Crippen molar-refractivity contribution in [3.05, 3.63) is 80.2 Å². The average molecular weight is 323 g/mol. The van der Waals surface area contributed by atoms with Gasteiger partial charge in [0.15, 0.2) is 0 Å². The third-order valence-corrected chi connectivity index (χ3v) is 3.53. The highest BCUT2D eigenvalue weighted by Gasteiger charge is 2.13. The van der Waals surface area contributed by atoms with Crippen LogP contribution < -0.4 is 5.63 Å². The van der Waals surface area contributed by atoms with Crippen LogP contribution in [-0.2, 0) is 0 Å². The first-order chi connectivity index (χ1) is 11.6. The summed E-state index contributed by atoms with van der Waals surface area (Å²) in [5.74, 6) is 0. The minimum absolute atomic E-state index is 0.0582. The van der Waals surface area contributed by atoms with Crippen molar-refractivity contribution in [1.82, 2.24) is 5.16 Å². The highest BCUT2D eigenvalue weighted by Crippen LogP contribution is 2.25. The maximum absolute atomic E-state index is 11.9. The zero-order valence-corrected chi connectivity index (χ0v) is 12.7. The number of nitrogens with zero attached hydrogens (tertiary/aromatic N) is 2. The number of nitro benzene ring substituents is 1. The van der Waals surface area contributed by atoms with E-state index in [1.807, 2.05) is 30.3 Å². The lowest BCUT2D eigenvalue weighted by Gasteiger charge is -2.00. The Kier molecular flexibility index (Phi) is 4.07. The number of benzene rings is 2. The van der Waals surface area contributed by atoms with E-state index in [0.29, 0.717) is 11.4 Å². The molecule has 0 aliphatic carbocycles. The van der Waals surface area contributed by atoms with Crippen molar-refractivity contribution < 1.29 is 9.45 Å². The van der Waals surface area contributed by atoms with Crippen LogP contribution in [0.5, 0.6) is 0 Å². The minimum atomic E-state index is -0.555. The summed E-state index contributed by atoms with van der Waals surface area (Å²) in [5.41, 5.74) is 2.11. The first-order valence-corrected chi connectivity index (χ1v) is 7.12. The van der Waals surface area contributed by atoms with E-state index >= 15 is 0 Å². The Bertz CT molecular complexity index is 971. The molecule has 0 saturated carbocycles. The molecule has 0 fully saturated rings. The van der Waals surface area contributed by atoms with Crippen molar-refractivity contribution in [3.8, 4) is 11.3 Å². The molecule has 2 aromatic carbocycles. The third-order valence-electron chi connectivity index (χ3n) is 3.53. The maximum atomic E-state index is 11.9. The molecule has 24 heavy (non-hydrogen) atoms. The molecule has 0 bridgehead atoms. The maximum Gasteiger partial charge on any atom is 0.366 e. The smallest absolute Gasteiger partial charge is 0.338 e. The second-order valence-corrected chi connectivity index (χ2v) is 5.13. The molecule has 0 radical (unpaired) electrons. The van der Waals surface area contributed by atoms with E-state index in [1.54, 1.807) is 13.0 Å². The quantitative estimate of drug-likeness (QED) is 0.450. The molecule has 120 valence electrons. The summed E-state index contributed by atoms with van der Waals surface area (Å²) < 4.78 is 4.85. The van der Waals surface area contributed by atoms with Crippen LogP contribution in [0, 0.1) is 17.0 Å². The largest absolute Gasteiger partial charge is 0.366 e. The van der Waals surface area contributed by atoms with Crippen molar-refractivity contribution in [2.75, 3.05) is 0 Å². The number of aryl methyl sites for hydroxylation is 1. The Morgan fingerprint density at radius 2 is 1.96 bits per heavy atom. The first-order valence-electron chi connectivity index (χ1n) is 7.12. The molecule has 3 rings (SSSR count). The molecule has 3 aromatic rings. The average Bonchev–Trinajstić information content (AvgIpc) is 2.95. The van der Waals surface area contributed by atoms with Gasteiger partial charge in [-0.1, -0.05) is 36.4 Å². The van der Waals surface area contributed by atoms with Crippen LogP contribution in [0.1, 0.15) is 11.1 Å². The normalized spacial score (nSPS) is 11.0. The minimum Gasteiger partial charge on any atom is -0.338 e. The zero-order chi connectivity index (χ0) is 17.1.